The molecule has 9 heterocycles. The molecule has 4 nitrogen and oxygen atoms in total. The van der Waals surface area contributed by atoms with Crippen LogP contribution in [0, 0.1) is 83.1 Å². The predicted octanol–water partition coefficient (Wildman–Crippen LogP) is 22.1. The number of nitrogens with one attached hydrogen (secondary N) is 2. The normalized spacial score (nSPS) is 12.2. The summed E-state index contributed by atoms with van der Waals surface area (Å²) in [5, 5.41) is 0. The van der Waals surface area contributed by atoms with Crippen LogP contribution >= 0.6 is 45.3 Å². The van der Waals surface area contributed by atoms with Crippen LogP contribution in [-0.4, -0.2) is 19.9 Å². The summed E-state index contributed by atoms with van der Waals surface area (Å²) in [5.74, 6) is 0. The zero-order chi connectivity index (χ0) is 55.4. The Kier molecular flexibility index (Phi) is 13.0. The van der Waals surface area contributed by atoms with Crippen LogP contribution in [0.15, 0.2) is 121 Å². The molecule has 80 heavy (non-hydrogen) atoms. The van der Waals surface area contributed by atoms with Crippen molar-refractivity contribution in [2.75, 3.05) is 0 Å². The molecular weight excluding hydrogens is 1050 g/mol. The molecule has 7 aromatic heterocycles. The van der Waals surface area contributed by atoms with Crippen LogP contribution in [0.25, 0.3) is 128 Å². The Morgan fingerprint density at radius 2 is 0.463 bits per heavy atom. The number of thiophene rings is 4. The van der Waals surface area contributed by atoms with E-state index < -0.39 is 0 Å². The van der Waals surface area contributed by atoms with Crippen LogP contribution in [0.2, 0.25) is 0 Å². The quantitative estimate of drug-likeness (QED) is 0.185. The van der Waals surface area contributed by atoms with Gasteiger partial charge in [-0.2, -0.15) is 0 Å². The van der Waals surface area contributed by atoms with Gasteiger partial charge in [-0.05, 0) is 247 Å². The van der Waals surface area contributed by atoms with Crippen molar-refractivity contribution in [1.82, 2.24) is 19.9 Å². The van der Waals surface area contributed by atoms with Gasteiger partial charge >= 0.3 is 0 Å². The lowest BCUT2D eigenvalue weighted by atomic mass is 9.93. The number of aromatic amines is 2. The van der Waals surface area contributed by atoms with E-state index in [1.165, 1.54) is 138 Å². The maximum Gasteiger partial charge on any atom is 0.0872 e. The van der Waals surface area contributed by atoms with Crippen molar-refractivity contribution in [3.05, 3.63) is 211 Å². The number of hydrogen-bond acceptors (Lipinski definition) is 6. The molecular formula is C72H62N4S4. The topological polar surface area (TPSA) is 57.4 Å². The van der Waals surface area contributed by atoms with Crippen molar-refractivity contribution in [2.24, 2.45) is 0 Å². The van der Waals surface area contributed by atoms with Gasteiger partial charge in [0, 0.05) is 70.9 Å². The first kappa shape index (κ1) is 51.7. The standard InChI is InChI=1S/C72H62N4S4/c1-37-29-41(5)65(42(6)30-37)69-53-17-13-49(73-53)50-14-18-54(74-50)70(66-43(7)31-38(2)32-44(66)8)63-27-23-59(79-63)60-24-28-64(80-60)72(68-47(11)35-40(4)36-48(68)12)56-20-16-52(76-56)51-15-19-55(75-51)71(67-45(9)33-39(3)34-46(67)10)62-26-22-58(78-62)57-21-25-61(69)77-57/h13-36,73,76H,1-12H3. The third-order valence-electron chi connectivity index (χ3n) is 15.9. The Morgan fingerprint density at radius 1 is 0.237 bits per heavy atom. The largest absolute Gasteiger partial charge is 0.353 e. The number of fused-ring (bicyclic) bond motifs is 20. The Labute approximate surface area is 484 Å². The lowest BCUT2D eigenvalue weighted by Gasteiger charge is -2.13. The monoisotopic (exact) mass is 1110 g/mol. The highest BCUT2D eigenvalue weighted by molar-refractivity contribution is 7.31. The summed E-state index contributed by atoms with van der Waals surface area (Å²) in [6.45, 7) is 26.8. The average Bonchev–Trinajstić information content (AvgIpc) is 4.31. The number of aryl methyl sites for hydroxylation is 12. The summed E-state index contributed by atoms with van der Waals surface area (Å²) in [7, 11) is 0. The molecule has 0 saturated carbocycles. The fourth-order valence-electron chi connectivity index (χ4n) is 12.9. The van der Waals surface area contributed by atoms with Gasteiger partial charge in [0.05, 0.1) is 33.8 Å². The Balaban J connectivity index is 1.16. The number of aromatic nitrogens is 4. The van der Waals surface area contributed by atoms with E-state index in [1.807, 2.05) is 45.3 Å². The van der Waals surface area contributed by atoms with E-state index in [-0.39, 0.29) is 0 Å². The lowest BCUT2D eigenvalue weighted by molar-refractivity contribution is 1.29. The number of nitrogens with zero attached hydrogens (tertiary/aromatic N) is 2. The van der Waals surface area contributed by atoms with E-state index in [0.29, 0.717) is 0 Å². The molecule has 0 fully saturated rings. The molecule has 0 aliphatic carbocycles. The first-order valence-corrected chi connectivity index (χ1v) is 30.7. The zero-order valence-electron chi connectivity index (χ0n) is 47.4. The van der Waals surface area contributed by atoms with Gasteiger partial charge in [0.25, 0.3) is 0 Å². The van der Waals surface area contributed by atoms with E-state index in [9.17, 15) is 0 Å². The molecule has 0 atom stereocenters. The average molecular weight is 1110 g/mol. The molecule has 0 saturated heterocycles. The summed E-state index contributed by atoms with van der Waals surface area (Å²) in [6, 6.07) is 45.9. The van der Waals surface area contributed by atoms with Crippen molar-refractivity contribution >= 4 is 129 Å². The van der Waals surface area contributed by atoms with E-state index >= 15 is 0 Å². The van der Waals surface area contributed by atoms with Gasteiger partial charge in [-0.1, -0.05) is 70.8 Å². The summed E-state index contributed by atoms with van der Waals surface area (Å²) >= 11 is 7.41. The number of benzene rings is 4. The van der Waals surface area contributed by atoms with Gasteiger partial charge in [0.2, 0.25) is 0 Å². The van der Waals surface area contributed by atoms with Crippen molar-refractivity contribution in [1.29, 1.82) is 0 Å². The molecule has 13 rings (SSSR count). The fourth-order valence-corrected chi connectivity index (χ4v) is 17.4. The zero-order valence-corrected chi connectivity index (χ0v) is 50.6. The highest BCUT2D eigenvalue weighted by Crippen LogP contribution is 2.45. The van der Waals surface area contributed by atoms with Crippen molar-refractivity contribution < 1.29 is 0 Å². The van der Waals surface area contributed by atoms with Crippen LogP contribution in [-0.2, 0) is 0 Å². The second-order valence-electron chi connectivity index (χ2n) is 22.3. The summed E-state index contributed by atoms with van der Waals surface area (Å²) in [5.41, 5.74) is 32.7. The van der Waals surface area contributed by atoms with E-state index in [4.69, 9.17) is 9.97 Å². The summed E-state index contributed by atoms with van der Waals surface area (Å²) < 4.78 is 9.74. The molecule has 394 valence electrons. The molecule has 0 spiro atoms. The van der Waals surface area contributed by atoms with Gasteiger partial charge in [0.1, 0.15) is 0 Å². The van der Waals surface area contributed by atoms with Gasteiger partial charge in [-0.15, -0.1) is 45.3 Å². The Hall–Kier alpha value is -7.72. The molecule has 16 bridgehead atoms. The first-order chi connectivity index (χ1) is 38.5. The van der Waals surface area contributed by atoms with Gasteiger partial charge in [-0.3, -0.25) is 0 Å². The van der Waals surface area contributed by atoms with Gasteiger partial charge in [0.15, 0.2) is 0 Å². The third-order valence-corrected chi connectivity index (χ3v) is 20.7. The molecule has 2 aliphatic heterocycles. The van der Waals surface area contributed by atoms with Crippen LogP contribution in [0.1, 0.15) is 89.5 Å². The van der Waals surface area contributed by atoms with E-state index in [1.54, 1.807) is 0 Å². The third kappa shape index (κ3) is 9.12. The van der Waals surface area contributed by atoms with Crippen molar-refractivity contribution in [2.45, 2.75) is 83.1 Å². The van der Waals surface area contributed by atoms with Crippen molar-refractivity contribution in [3.63, 3.8) is 0 Å². The lowest BCUT2D eigenvalue weighted by Crippen LogP contribution is -1.92. The molecule has 8 heteroatoms. The molecule has 2 N–H and O–H groups in total. The van der Waals surface area contributed by atoms with Crippen LogP contribution in [0.4, 0.5) is 0 Å². The summed E-state index contributed by atoms with van der Waals surface area (Å²) in [4.78, 5) is 19.0. The number of H-pyrrole nitrogens is 2. The molecule has 0 radical (unpaired) electrons. The van der Waals surface area contributed by atoms with E-state index in [0.717, 1.165) is 56.0 Å². The molecule has 0 unspecified atom stereocenters. The number of hydrogen-bond donors (Lipinski definition) is 2. The summed E-state index contributed by atoms with van der Waals surface area (Å²) in [6.07, 6.45) is 8.82. The van der Waals surface area contributed by atoms with Gasteiger partial charge < -0.3 is 9.97 Å². The highest BCUT2D eigenvalue weighted by Gasteiger charge is 2.21. The Bertz CT molecular complexity index is 4460. The maximum atomic E-state index is 5.54. The van der Waals surface area contributed by atoms with Crippen LogP contribution in [0.5, 0.6) is 0 Å². The van der Waals surface area contributed by atoms with Crippen LogP contribution in [0.3, 0.4) is 0 Å². The van der Waals surface area contributed by atoms with Gasteiger partial charge in [-0.25, -0.2) is 9.97 Å². The molecule has 2 aliphatic rings. The van der Waals surface area contributed by atoms with Crippen LogP contribution < -0.4 is 0 Å². The second-order valence-corrected chi connectivity index (χ2v) is 26.6. The van der Waals surface area contributed by atoms with E-state index in [2.05, 4.69) is 239 Å². The van der Waals surface area contributed by atoms with Crippen molar-refractivity contribution in [3.8, 4) is 44.5 Å². The minimum atomic E-state index is 0.920. The molecule has 4 aromatic carbocycles. The molecule has 0 amide bonds. The highest BCUT2D eigenvalue weighted by atomic mass is 32.1. The molecule has 11 aromatic rings. The second kappa shape index (κ2) is 20.1. The number of rotatable bonds is 4. The fraction of sp³-hybridized carbons (Fsp3) is 0.167. The SMILES string of the molecule is Cc1cc(C)c(-c2c3nc(c4ccc([nH]4)c(-c4c(C)cc(C)cc4C)c4ccc(s4)c4ccc(s4)c(-c4c(C)cc(C)cc4C)c4nc(c5ccc([nH]5)c(-c5c(C)cc(C)cc5C)c5ccc(s5)c5ccc2s5)C=C4)C=C3)c(C)c1. The Morgan fingerprint density at radius 3 is 0.750 bits per heavy atom. The smallest absolute Gasteiger partial charge is 0.0872 e. The minimum Gasteiger partial charge on any atom is -0.353 e. The minimum absolute atomic E-state index is 0.920. The maximum absolute atomic E-state index is 5.54. The predicted molar refractivity (Wildman–Crippen MR) is 354 cm³/mol. The first-order valence-electron chi connectivity index (χ1n) is 27.4.